The monoisotopic (exact) mass is 333 g/mol. The van der Waals surface area contributed by atoms with Crippen LogP contribution in [0.25, 0.3) is 0 Å². The number of hydrogen-bond donors (Lipinski definition) is 1. The van der Waals surface area contributed by atoms with Crippen molar-refractivity contribution in [2.75, 3.05) is 20.2 Å². The maximum atomic E-state index is 12.5. The fourth-order valence-corrected chi connectivity index (χ4v) is 3.50. The van der Waals surface area contributed by atoms with Crippen molar-refractivity contribution in [2.24, 2.45) is 11.7 Å². The molecule has 0 aliphatic carbocycles. The number of carbonyl (C=O) groups is 2. The molecule has 0 unspecified atom stereocenters. The molecule has 2 amide bonds. The average molecular weight is 333 g/mol. The van der Waals surface area contributed by atoms with Crippen LogP contribution < -0.4 is 10.5 Å². The van der Waals surface area contributed by atoms with Gasteiger partial charge in [0, 0.05) is 25.4 Å². The highest BCUT2D eigenvalue weighted by Crippen LogP contribution is 2.32. The lowest BCUT2D eigenvalue weighted by molar-refractivity contribution is -0.130. The number of pyridine rings is 1. The van der Waals surface area contributed by atoms with Gasteiger partial charge in [0.15, 0.2) is 0 Å². The molecule has 130 valence electrons. The summed E-state index contributed by atoms with van der Waals surface area (Å²) in [6.45, 7) is 1.38. The number of likely N-dealkylation sites (tertiary alicyclic amines) is 1. The Kier molecular flexibility index (Phi) is 4.99. The van der Waals surface area contributed by atoms with Crippen molar-refractivity contribution in [2.45, 2.75) is 37.9 Å². The second-order valence-electron chi connectivity index (χ2n) is 6.36. The van der Waals surface area contributed by atoms with Crippen molar-refractivity contribution >= 4 is 11.8 Å². The van der Waals surface area contributed by atoms with Crippen molar-refractivity contribution in [1.29, 1.82) is 0 Å². The quantitative estimate of drug-likeness (QED) is 0.886. The smallest absolute Gasteiger partial charge is 0.255 e. The van der Waals surface area contributed by atoms with Crippen LogP contribution in [-0.2, 0) is 9.53 Å². The van der Waals surface area contributed by atoms with Crippen molar-refractivity contribution in [3.05, 3.63) is 23.9 Å². The van der Waals surface area contributed by atoms with Gasteiger partial charge in [-0.25, -0.2) is 4.98 Å². The molecule has 0 bridgehead atoms. The summed E-state index contributed by atoms with van der Waals surface area (Å²) in [5.74, 6) is 0.489. The fourth-order valence-electron chi connectivity index (χ4n) is 3.50. The maximum Gasteiger partial charge on any atom is 0.255 e. The van der Waals surface area contributed by atoms with Crippen LogP contribution in [0.1, 0.15) is 36.0 Å². The van der Waals surface area contributed by atoms with E-state index < -0.39 is 6.10 Å². The van der Waals surface area contributed by atoms with Gasteiger partial charge >= 0.3 is 0 Å². The van der Waals surface area contributed by atoms with Gasteiger partial charge in [-0.15, -0.1) is 0 Å². The molecule has 2 atom stereocenters. The van der Waals surface area contributed by atoms with E-state index in [4.69, 9.17) is 15.2 Å². The van der Waals surface area contributed by atoms with E-state index in [-0.39, 0.29) is 17.9 Å². The third-order valence-electron chi connectivity index (χ3n) is 4.91. The summed E-state index contributed by atoms with van der Waals surface area (Å²) in [4.78, 5) is 29.7. The van der Waals surface area contributed by atoms with E-state index >= 15 is 0 Å². The molecular formula is C17H23N3O4. The highest BCUT2D eigenvalue weighted by Gasteiger charge is 2.36. The molecule has 0 radical (unpaired) electrons. The molecule has 2 N–H and O–H groups in total. The highest BCUT2D eigenvalue weighted by molar-refractivity contribution is 5.94. The van der Waals surface area contributed by atoms with E-state index in [2.05, 4.69) is 4.98 Å². The summed E-state index contributed by atoms with van der Waals surface area (Å²) in [6.07, 6.45) is 4.52. The molecule has 0 aromatic carbocycles. The Balaban J connectivity index is 1.53. The highest BCUT2D eigenvalue weighted by atomic mass is 16.5. The summed E-state index contributed by atoms with van der Waals surface area (Å²) in [7, 11) is 1.54. The number of primary amides is 1. The van der Waals surface area contributed by atoms with Crippen LogP contribution in [-0.4, -0.2) is 54.1 Å². The number of piperidine rings is 1. The maximum absolute atomic E-state index is 12.5. The number of carbonyl (C=O) groups excluding carboxylic acids is 2. The molecule has 7 heteroatoms. The van der Waals surface area contributed by atoms with Crippen molar-refractivity contribution in [3.63, 3.8) is 0 Å². The number of nitrogens with zero attached hydrogens (tertiary/aromatic N) is 2. The number of amides is 2. The predicted octanol–water partition coefficient (Wildman–Crippen LogP) is 0.975. The van der Waals surface area contributed by atoms with Gasteiger partial charge in [0.25, 0.3) is 5.91 Å². The molecule has 24 heavy (non-hydrogen) atoms. The van der Waals surface area contributed by atoms with Crippen LogP contribution in [0, 0.1) is 5.92 Å². The summed E-state index contributed by atoms with van der Waals surface area (Å²) in [5, 5.41) is 0. The van der Waals surface area contributed by atoms with E-state index in [0.717, 1.165) is 19.3 Å². The zero-order valence-corrected chi connectivity index (χ0v) is 13.8. The molecule has 2 aliphatic rings. The Labute approximate surface area is 141 Å². The first-order valence-corrected chi connectivity index (χ1v) is 8.32. The average Bonchev–Trinajstić information content (AvgIpc) is 3.12. The Morgan fingerprint density at radius 2 is 2.00 bits per heavy atom. The van der Waals surface area contributed by atoms with Crippen LogP contribution in [0.15, 0.2) is 18.3 Å². The molecule has 0 spiro atoms. The summed E-state index contributed by atoms with van der Waals surface area (Å²) < 4.78 is 10.8. The van der Waals surface area contributed by atoms with Gasteiger partial charge in [-0.3, -0.25) is 9.59 Å². The minimum absolute atomic E-state index is 0.00837. The van der Waals surface area contributed by atoms with Crippen molar-refractivity contribution in [1.82, 2.24) is 9.88 Å². The first-order chi connectivity index (χ1) is 11.6. The molecule has 2 saturated heterocycles. The first-order valence-electron chi connectivity index (χ1n) is 8.32. The standard InChI is InChI=1S/C17H23N3O4/c1-23-15-5-2-12(10-19-15)17(22)20-8-6-11(7-9-20)13-3-4-14(24-13)16(18)21/h2,5,10-11,13-14H,3-4,6-9H2,1H3,(H2,18,21)/t13-,14+/m0/s1. The molecule has 1 aromatic heterocycles. The molecule has 2 aliphatic heterocycles. The number of methoxy groups -OCH3 is 1. The Morgan fingerprint density at radius 1 is 1.25 bits per heavy atom. The lowest BCUT2D eigenvalue weighted by Gasteiger charge is -2.34. The predicted molar refractivity (Wildman–Crippen MR) is 86.5 cm³/mol. The fraction of sp³-hybridized carbons (Fsp3) is 0.588. The van der Waals surface area contributed by atoms with Crippen LogP contribution >= 0.6 is 0 Å². The molecule has 3 rings (SSSR count). The zero-order valence-electron chi connectivity index (χ0n) is 13.8. The molecule has 0 saturated carbocycles. The van der Waals surface area contributed by atoms with Crippen molar-refractivity contribution in [3.8, 4) is 5.88 Å². The molecule has 1 aromatic rings. The van der Waals surface area contributed by atoms with Crippen LogP contribution in [0.2, 0.25) is 0 Å². The Morgan fingerprint density at radius 3 is 2.54 bits per heavy atom. The summed E-state index contributed by atoms with van der Waals surface area (Å²) in [5.41, 5.74) is 5.87. The number of nitrogens with two attached hydrogens (primary N) is 1. The largest absolute Gasteiger partial charge is 0.481 e. The third-order valence-corrected chi connectivity index (χ3v) is 4.91. The van der Waals surface area contributed by atoms with Gasteiger partial charge in [0.2, 0.25) is 11.8 Å². The van der Waals surface area contributed by atoms with E-state index in [0.29, 0.717) is 36.9 Å². The van der Waals surface area contributed by atoms with E-state index in [1.54, 1.807) is 25.4 Å². The molecule has 7 nitrogen and oxygen atoms in total. The van der Waals surface area contributed by atoms with Gasteiger partial charge in [0.1, 0.15) is 6.10 Å². The van der Waals surface area contributed by atoms with Crippen LogP contribution in [0.3, 0.4) is 0 Å². The van der Waals surface area contributed by atoms with E-state index in [1.165, 1.54) is 0 Å². The number of hydrogen-bond acceptors (Lipinski definition) is 5. The second-order valence-corrected chi connectivity index (χ2v) is 6.36. The number of ether oxygens (including phenoxy) is 2. The lowest BCUT2D eigenvalue weighted by Crippen LogP contribution is -2.41. The van der Waals surface area contributed by atoms with Crippen LogP contribution in [0.4, 0.5) is 0 Å². The SMILES string of the molecule is COc1ccc(C(=O)N2CCC([C@@H]3CC[C@H](C(N)=O)O3)CC2)cn1. The number of aromatic nitrogens is 1. The Hall–Kier alpha value is -2.15. The second kappa shape index (κ2) is 7.17. The van der Waals surface area contributed by atoms with Gasteiger partial charge < -0.3 is 20.1 Å². The third kappa shape index (κ3) is 3.51. The minimum atomic E-state index is -0.444. The van der Waals surface area contributed by atoms with Gasteiger partial charge in [0.05, 0.1) is 18.8 Å². The van der Waals surface area contributed by atoms with Crippen molar-refractivity contribution < 1.29 is 19.1 Å². The van der Waals surface area contributed by atoms with Gasteiger partial charge in [-0.2, -0.15) is 0 Å². The summed E-state index contributed by atoms with van der Waals surface area (Å²) >= 11 is 0. The van der Waals surface area contributed by atoms with Crippen LogP contribution in [0.5, 0.6) is 5.88 Å². The van der Waals surface area contributed by atoms with Gasteiger partial charge in [-0.1, -0.05) is 0 Å². The minimum Gasteiger partial charge on any atom is -0.481 e. The molecule has 3 heterocycles. The molecular weight excluding hydrogens is 310 g/mol. The van der Waals surface area contributed by atoms with E-state index in [9.17, 15) is 9.59 Å². The normalized spacial score (nSPS) is 24.8. The number of rotatable bonds is 4. The first kappa shape index (κ1) is 16.7. The Bertz CT molecular complexity index is 596. The zero-order chi connectivity index (χ0) is 17.1. The lowest BCUT2D eigenvalue weighted by atomic mass is 9.89. The summed E-state index contributed by atoms with van der Waals surface area (Å²) in [6, 6.07) is 3.42. The van der Waals surface area contributed by atoms with E-state index in [1.807, 2.05) is 4.90 Å². The molecule has 2 fully saturated rings. The topological polar surface area (TPSA) is 94.8 Å². The van der Waals surface area contributed by atoms with Gasteiger partial charge in [-0.05, 0) is 37.7 Å².